The van der Waals surface area contributed by atoms with Crippen molar-refractivity contribution in [1.29, 1.82) is 0 Å². The maximum atomic E-state index is 6.03. The highest BCUT2D eigenvalue weighted by atomic mass is 79.9. The topological polar surface area (TPSA) is 35.2 Å². The van der Waals surface area contributed by atoms with Gasteiger partial charge in [-0.15, -0.1) is 0 Å². The molecule has 0 aliphatic rings. The quantitative estimate of drug-likeness (QED) is 0.773. The summed E-state index contributed by atoms with van der Waals surface area (Å²) in [5.41, 5.74) is 6.30. The van der Waals surface area contributed by atoms with E-state index in [1.807, 2.05) is 0 Å². The number of nitrogens with two attached hydrogens (primary N) is 1. The van der Waals surface area contributed by atoms with Crippen LogP contribution in [0.2, 0.25) is 10.0 Å². The second kappa shape index (κ2) is 5.17. The van der Waals surface area contributed by atoms with Gasteiger partial charge in [0.2, 0.25) is 0 Å². The van der Waals surface area contributed by atoms with Gasteiger partial charge in [-0.1, -0.05) is 29.3 Å². The largest absolute Gasteiger partial charge is 0.455 e. The van der Waals surface area contributed by atoms with Gasteiger partial charge in [0.25, 0.3) is 0 Å². The molecular weight excluding hydrogens is 325 g/mol. The van der Waals surface area contributed by atoms with Crippen molar-refractivity contribution in [3.05, 3.63) is 50.9 Å². The van der Waals surface area contributed by atoms with Crippen molar-refractivity contribution in [1.82, 2.24) is 0 Å². The predicted molar refractivity (Wildman–Crippen MR) is 75.1 cm³/mol. The van der Waals surface area contributed by atoms with Gasteiger partial charge in [-0.05, 0) is 46.3 Å². The minimum Gasteiger partial charge on any atom is -0.455 e. The van der Waals surface area contributed by atoms with Crippen LogP contribution in [0.3, 0.4) is 0 Å². The zero-order chi connectivity index (χ0) is 12.4. The van der Waals surface area contributed by atoms with Crippen LogP contribution in [0.1, 0.15) is 0 Å². The van der Waals surface area contributed by atoms with Crippen LogP contribution in [0.15, 0.2) is 40.9 Å². The lowest BCUT2D eigenvalue weighted by atomic mass is 10.3. The minimum absolute atomic E-state index is 0.387. The van der Waals surface area contributed by atoms with Crippen LogP contribution in [0.4, 0.5) is 5.69 Å². The number of rotatable bonds is 2. The Morgan fingerprint density at radius 3 is 2.53 bits per heavy atom. The number of halogens is 3. The van der Waals surface area contributed by atoms with Crippen LogP contribution >= 0.6 is 39.1 Å². The number of nitrogen functional groups attached to an aromatic ring is 1. The van der Waals surface area contributed by atoms with E-state index < -0.39 is 0 Å². The van der Waals surface area contributed by atoms with Gasteiger partial charge in [0.1, 0.15) is 16.5 Å². The molecule has 0 aromatic heterocycles. The highest BCUT2D eigenvalue weighted by molar-refractivity contribution is 9.10. The first-order valence-corrected chi connectivity index (χ1v) is 6.29. The van der Waals surface area contributed by atoms with Gasteiger partial charge in [0, 0.05) is 5.69 Å². The molecule has 0 spiro atoms. The summed E-state index contributed by atoms with van der Waals surface area (Å²) in [6, 6.07) is 10.5. The van der Waals surface area contributed by atoms with Crippen LogP contribution in [0, 0.1) is 0 Å². The molecule has 0 saturated heterocycles. The van der Waals surface area contributed by atoms with Crippen LogP contribution in [0.5, 0.6) is 11.5 Å². The Labute approximate surface area is 117 Å². The molecule has 2 nitrogen and oxygen atoms in total. The van der Waals surface area contributed by atoms with E-state index in [0.717, 1.165) is 4.47 Å². The van der Waals surface area contributed by atoms with E-state index >= 15 is 0 Å². The van der Waals surface area contributed by atoms with Crippen molar-refractivity contribution >= 4 is 44.8 Å². The molecule has 2 N–H and O–H groups in total. The van der Waals surface area contributed by atoms with Gasteiger partial charge >= 0.3 is 0 Å². The molecule has 2 aromatic rings. The first kappa shape index (κ1) is 12.6. The summed E-state index contributed by atoms with van der Waals surface area (Å²) < 4.78 is 6.41. The molecule has 17 heavy (non-hydrogen) atoms. The molecule has 0 atom stereocenters. The van der Waals surface area contributed by atoms with Gasteiger partial charge in [0.05, 0.1) is 9.50 Å². The third-order valence-electron chi connectivity index (χ3n) is 2.09. The molecule has 0 fully saturated rings. The molecule has 0 heterocycles. The molecular formula is C12H8BrCl2NO. The van der Waals surface area contributed by atoms with Crippen molar-refractivity contribution in [3.8, 4) is 11.5 Å². The fourth-order valence-electron chi connectivity index (χ4n) is 1.28. The average Bonchev–Trinajstić information content (AvgIpc) is 2.28. The standard InChI is InChI=1S/C12H8BrCl2NO/c13-8-6-7(16)4-5-10(8)17-11-3-1-2-9(14)12(11)15/h1-6H,16H2. The summed E-state index contributed by atoms with van der Waals surface area (Å²) in [6.07, 6.45) is 0. The van der Waals surface area contributed by atoms with Crippen LogP contribution < -0.4 is 10.5 Å². The monoisotopic (exact) mass is 331 g/mol. The lowest BCUT2D eigenvalue weighted by Crippen LogP contribution is -1.89. The van der Waals surface area contributed by atoms with Crippen LogP contribution in [-0.4, -0.2) is 0 Å². The van der Waals surface area contributed by atoms with Gasteiger partial charge in [0.15, 0.2) is 0 Å². The summed E-state index contributed by atoms with van der Waals surface area (Å²) in [6.45, 7) is 0. The van der Waals surface area contributed by atoms with Gasteiger partial charge in [-0.25, -0.2) is 0 Å². The predicted octanol–water partition coefficient (Wildman–Crippen LogP) is 5.13. The Hall–Kier alpha value is -0.900. The lowest BCUT2D eigenvalue weighted by Gasteiger charge is -2.10. The average molecular weight is 333 g/mol. The van der Waals surface area contributed by atoms with Crippen LogP contribution in [0.25, 0.3) is 0 Å². The Morgan fingerprint density at radius 1 is 1.06 bits per heavy atom. The van der Waals surface area contributed by atoms with E-state index in [4.69, 9.17) is 33.7 Å². The molecule has 0 aliphatic carbocycles. The highest BCUT2D eigenvalue weighted by Gasteiger charge is 2.08. The Morgan fingerprint density at radius 2 is 1.82 bits per heavy atom. The fourth-order valence-corrected chi connectivity index (χ4v) is 2.09. The zero-order valence-electron chi connectivity index (χ0n) is 8.58. The van der Waals surface area contributed by atoms with Gasteiger partial charge in [-0.2, -0.15) is 0 Å². The third-order valence-corrected chi connectivity index (χ3v) is 3.51. The number of anilines is 1. The molecule has 0 amide bonds. The summed E-state index contributed by atoms with van der Waals surface area (Å²) in [5, 5.41) is 0.841. The van der Waals surface area contributed by atoms with E-state index in [-0.39, 0.29) is 0 Å². The maximum Gasteiger partial charge on any atom is 0.147 e. The number of hydrogen-bond acceptors (Lipinski definition) is 2. The molecule has 0 aliphatic heterocycles. The highest BCUT2D eigenvalue weighted by Crippen LogP contribution is 2.37. The van der Waals surface area contributed by atoms with Crippen molar-refractivity contribution in [2.45, 2.75) is 0 Å². The van der Waals surface area contributed by atoms with E-state index in [1.54, 1.807) is 36.4 Å². The van der Waals surface area contributed by atoms with E-state index in [9.17, 15) is 0 Å². The van der Waals surface area contributed by atoms with E-state index in [1.165, 1.54) is 0 Å². The summed E-state index contributed by atoms with van der Waals surface area (Å²) in [7, 11) is 0. The van der Waals surface area contributed by atoms with Crippen molar-refractivity contribution in [3.63, 3.8) is 0 Å². The zero-order valence-corrected chi connectivity index (χ0v) is 11.7. The molecule has 0 radical (unpaired) electrons. The third kappa shape index (κ3) is 2.86. The molecule has 0 unspecified atom stereocenters. The van der Waals surface area contributed by atoms with Crippen molar-refractivity contribution in [2.24, 2.45) is 0 Å². The van der Waals surface area contributed by atoms with Crippen molar-refractivity contribution in [2.75, 3.05) is 5.73 Å². The molecule has 2 rings (SSSR count). The van der Waals surface area contributed by atoms with Crippen LogP contribution in [-0.2, 0) is 0 Å². The smallest absolute Gasteiger partial charge is 0.147 e. The number of hydrogen-bond donors (Lipinski definition) is 1. The summed E-state index contributed by atoms with van der Waals surface area (Å²) in [5.74, 6) is 1.13. The second-order valence-electron chi connectivity index (χ2n) is 3.34. The molecule has 2 aromatic carbocycles. The van der Waals surface area contributed by atoms with E-state index in [0.29, 0.717) is 27.2 Å². The van der Waals surface area contributed by atoms with Gasteiger partial charge in [-0.3, -0.25) is 0 Å². The number of ether oxygens (including phenoxy) is 1. The first-order chi connectivity index (χ1) is 8.08. The Bertz CT molecular complexity index is 560. The SMILES string of the molecule is Nc1ccc(Oc2cccc(Cl)c2Cl)c(Br)c1. The Balaban J connectivity index is 2.35. The van der Waals surface area contributed by atoms with Crippen molar-refractivity contribution < 1.29 is 4.74 Å². The normalized spacial score (nSPS) is 10.3. The molecule has 0 bridgehead atoms. The fraction of sp³-hybridized carbons (Fsp3) is 0. The minimum atomic E-state index is 0.387. The Kier molecular flexibility index (Phi) is 3.82. The molecule has 0 saturated carbocycles. The maximum absolute atomic E-state index is 6.03. The lowest BCUT2D eigenvalue weighted by molar-refractivity contribution is 0.480. The first-order valence-electron chi connectivity index (χ1n) is 4.75. The van der Waals surface area contributed by atoms with Gasteiger partial charge < -0.3 is 10.5 Å². The second-order valence-corrected chi connectivity index (χ2v) is 4.98. The molecule has 88 valence electrons. The van der Waals surface area contributed by atoms with E-state index in [2.05, 4.69) is 15.9 Å². The summed E-state index contributed by atoms with van der Waals surface area (Å²) >= 11 is 15.3. The number of benzene rings is 2. The summed E-state index contributed by atoms with van der Waals surface area (Å²) in [4.78, 5) is 0. The molecule has 5 heteroatoms.